The summed E-state index contributed by atoms with van der Waals surface area (Å²) in [5.41, 5.74) is 0.645. The van der Waals surface area contributed by atoms with Gasteiger partial charge < -0.3 is 10.2 Å². The lowest BCUT2D eigenvalue weighted by molar-refractivity contribution is -0.128. The van der Waals surface area contributed by atoms with Crippen molar-refractivity contribution in [3.63, 3.8) is 0 Å². The first-order valence-corrected chi connectivity index (χ1v) is 5.68. The van der Waals surface area contributed by atoms with Crippen LogP contribution in [0.2, 0.25) is 0 Å². The van der Waals surface area contributed by atoms with Crippen LogP contribution in [0.4, 0.5) is 10.1 Å². The largest absolute Gasteiger partial charge is 0.383 e. The predicted octanol–water partition coefficient (Wildman–Crippen LogP) is 1.98. The quantitative estimate of drug-likeness (QED) is 0.812. The number of hydrogen-bond acceptors (Lipinski definition) is 3. The number of benzene rings is 1. The number of nitriles is 1. The summed E-state index contributed by atoms with van der Waals surface area (Å²) in [6, 6.07) is 6.14. The summed E-state index contributed by atoms with van der Waals surface area (Å²) in [6.07, 6.45) is 1.06. The van der Waals surface area contributed by atoms with Gasteiger partial charge in [-0.2, -0.15) is 5.26 Å². The van der Waals surface area contributed by atoms with Crippen LogP contribution in [0.15, 0.2) is 18.2 Å². The maximum atomic E-state index is 13.5. The molecule has 0 saturated heterocycles. The van der Waals surface area contributed by atoms with E-state index in [2.05, 4.69) is 5.32 Å². The number of hydrogen-bond donors (Lipinski definition) is 1. The fourth-order valence-corrected chi connectivity index (χ4v) is 1.41. The Bertz CT molecular complexity index is 466. The third-order valence-electron chi connectivity index (χ3n) is 2.48. The summed E-state index contributed by atoms with van der Waals surface area (Å²) in [6.45, 7) is 0.516. The Morgan fingerprint density at radius 1 is 1.50 bits per heavy atom. The van der Waals surface area contributed by atoms with E-state index in [0.717, 1.165) is 0 Å². The zero-order valence-corrected chi connectivity index (χ0v) is 10.5. The average molecular weight is 249 g/mol. The van der Waals surface area contributed by atoms with Gasteiger partial charge in [0.1, 0.15) is 5.82 Å². The highest BCUT2D eigenvalue weighted by molar-refractivity contribution is 5.75. The van der Waals surface area contributed by atoms with Crippen LogP contribution in [0.25, 0.3) is 0 Å². The maximum Gasteiger partial charge on any atom is 0.222 e. The van der Waals surface area contributed by atoms with Crippen LogP contribution in [0.5, 0.6) is 0 Å². The van der Waals surface area contributed by atoms with E-state index in [9.17, 15) is 9.18 Å². The molecule has 4 nitrogen and oxygen atoms in total. The summed E-state index contributed by atoms with van der Waals surface area (Å²) in [7, 11) is 3.41. The smallest absolute Gasteiger partial charge is 0.222 e. The summed E-state index contributed by atoms with van der Waals surface area (Å²) >= 11 is 0. The van der Waals surface area contributed by atoms with Gasteiger partial charge in [-0.15, -0.1) is 0 Å². The Balaban J connectivity index is 2.41. The molecule has 1 amide bonds. The van der Waals surface area contributed by atoms with E-state index in [1.165, 1.54) is 17.0 Å². The number of anilines is 1. The zero-order valence-electron chi connectivity index (χ0n) is 10.5. The Labute approximate surface area is 106 Å². The van der Waals surface area contributed by atoms with Gasteiger partial charge in [0.15, 0.2) is 0 Å². The molecule has 0 bridgehead atoms. The number of nitrogens with one attached hydrogen (secondary N) is 1. The van der Waals surface area contributed by atoms with E-state index in [1.54, 1.807) is 20.2 Å². The van der Waals surface area contributed by atoms with Gasteiger partial charge in [0.05, 0.1) is 17.3 Å². The third-order valence-corrected chi connectivity index (χ3v) is 2.48. The highest BCUT2D eigenvalue weighted by Gasteiger charge is 2.05. The average Bonchev–Trinajstić information content (AvgIpc) is 2.35. The van der Waals surface area contributed by atoms with Gasteiger partial charge in [0, 0.05) is 27.1 Å². The Hall–Kier alpha value is -2.09. The number of carbonyl (C=O) groups is 1. The number of amides is 1. The van der Waals surface area contributed by atoms with E-state index in [-0.39, 0.29) is 5.91 Å². The van der Waals surface area contributed by atoms with Crippen LogP contribution in [0.3, 0.4) is 0 Å². The molecule has 18 heavy (non-hydrogen) atoms. The molecule has 5 heteroatoms. The fourth-order valence-electron chi connectivity index (χ4n) is 1.41. The molecule has 0 radical (unpaired) electrons. The fraction of sp³-hybridized carbons (Fsp3) is 0.385. The minimum absolute atomic E-state index is 0.0529. The number of rotatable bonds is 5. The van der Waals surface area contributed by atoms with Crippen LogP contribution in [0, 0.1) is 17.1 Å². The van der Waals surface area contributed by atoms with Gasteiger partial charge in [0.2, 0.25) is 5.91 Å². The molecule has 0 unspecified atom stereocenters. The molecule has 1 rings (SSSR count). The molecular formula is C13H16FN3O. The lowest BCUT2D eigenvalue weighted by Gasteiger charge is -2.11. The molecule has 1 aromatic rings. The second-order valence-corrected chi connectivity index (χ2v) is 4.12. The summed E-state index contributed by atoms with van der Waals surface area (Å²) in [4.78, 5) is 12.8. The summed E-state index contributed by atoms with van der Waals surface area (Å²) in [5.74, 6) is -0.398. The van der Waals surface area contributed by atoms with Crippen LogP contribution in [-0.4, -0.2) is 31.4 Å². The maximum absolute atomic E-state index is 13.5. The molecule has 1 aromatic carbocycles. The molecule has 0 saturated carbocycles. The van der Waals surface area contributed by atoms with Crippen molar-refractivity contribution in [1.82, 2.24) is 4.90 Å². The van der Waals surface area contributed by atoms with Crippen molar-refractivity contribution >= 4 is 11.6 Å². The van der Waals surface area contributed by atoms with Crippen LogP contribution >= 0.6 is 0 Å². The van der Waals surface area contributed by atoms with Crippen molar-refractivity contribution in [2.24, 2.45) is 0 Å². The van der Waals surface area contributed by atoms with Crippen molar-refractivity contribution in [2.45, 2.75) is 12.8 Å². The minimum Gasteiger partial charge on any atom is -0.383 e. The van der Waals surface area contributed by atoms with Gasteiger partial charge >= 0.3 is 0 Å². The first-order valence-electron chi connectivity index (χ1n) is 5.68. The predicted molar refractivity (Wildman–Crippen MR) is 67.5 cm³/mol. The Kier molecular flexibility index (Phi) is 5.12. The molecule has 0 atom stereocenters. The molecule has 0 spiro atoms. The molecule has 0 aliphatic carbocycles. The number of nitrogens with zero attached hydrogens (tertiary/aromatic N) is 2. The molecule has 0 aromatic heterocycles. The second-order valence-electron chi connectivity index (χ2n) is 4.12. The molecule has 0 heterocycles. The SMILES string of the molecule is CN(C)C(=O)CCCNc1ccc(C#N)cc1F. The monoisotopic (exact) mass is 249 g/mol. The standard InChI is InChI=1S/C13H16FN3O/c1-17(2)13(18)4-3-7-16-12-6-5-10(9-15)8-11(12)14/h5-6,8,16H,3-4,7H2,1-2H3. The van der Waals surface area contributed by atoms with E-state index in [1.807, 2.05) is 6.07 Å². The van der Waals surface area contributed by atoms with Gasteiger partial charge in [-0.25, -0.2) is 4.39 Å². The first-order chi connectivity index (χ1) is 8.54. The Morgan fingerprint density at radius 3 is 2.78 bits per heavy atom. The van der Waals surface area contributed by atoms with E-state index >= 15 is 0 Å². The van der Waals surface area contributed by atoms with E-state index < -0.39 is 5.82 Å². The van der Waals surface area contributed by atoms with Gasteiger partial charge in [-0.1, -0.05) is 0 Å². The number of halogens is 1. The van der Waals surface area contributed by atoms with Crippen molar-refractivity contribution in [1.29, 1.82) is 5.26 Å². The second kappa shape index (κ2) is 6.60. The normalized spacial score (nSPS) is 9.67. The lowest BCUT2D eigenvalue weighted by atomic mass is 10.2. The van der Waals surface area contributed by atoms with E-state index in [4.69, 9.17) is 5.26 Å². The molecule has 1 N–H and O–H groups in total. The van der Waals surface area contributed by atoms with Gasteiger partial charge in [-0.3, -0.25) is 4.79 Å². The molecule has 0 fully saturated rings. The molecular weight excluding hydrogens is 233 g/mol. The van der Waals surface area contributed by atoms with E-state index in [0.29, 0.717) is 30.6 Å². The van der Waals surface area contributed by atoms with Crippen LogP contribution in [0.1, 0.15) is 18.4 Å². The number of carbonyl (C=O) groups excluding carboxylic acids is 1. The topological polar surface area (TPSA) is 56.1 Å². The van der Waals surface area contributed by atoms with Crippen LogP contribution < -0.4 is 5.32 Å². The minimum atomic E-state index is -0.451. The first kappa shape index (κ1) is 14.0. The van der Waals surface area contributed by atoms with Crippen molar-refractivity contribution in [3.05, 3.63) is 29.6 Å². The Morgan fingerprint density at radius 2 is 2.22 bits per heavy atom. The van der Waals surface area contributed by atoms with Gasteiger partial charge in [0.25, 0.3) is 0 Å². The lowest BCUT2D eigenvalue weighted by Crippen LogP contribution is -2.22. The molecule has 0 aliphatic rings. The van der Waals surface area contributed by atoms with Crippen molar-refractivity contribution in [2.75, 3.05) is 26.0 Å². The molecule has 0 aliphatic heterocycles. The van der Waals surface area contributed by atoms with Gasteiger partial charge in [-0.05, 0) is 24.6 Å². The zero-order chi connectivity index (χ0) is 13.5. The summed E-state index contributed by atoms with van der Waals surface area (Å²) in [5, 5.41) is 11.5. The highest BCUT2D eigenvalue weighted by atomic mass is 19.1. The third kappa shape index (κ3) is 4.06. The highest BCUT2D eigenvalue weighted by Crippen LogP contribution is 2.15. The van der Waals surface area contributed by atoms with Crippen molar-refractivity contribution < 1.29 is 9.18 Å². The van der Waals surface area contributed by atoms with Crippen molar-refractivity contribution in [3.8, 4) is 6.07 Å². The van der Waals surface area contributed by atoms with Crippen LogP contribution in [-0.2, 0) is 4.79 Å². The summed E-state index contributed by atoms with van der Waals surface area (Å²) < 4.78 is 13.5. The molecule has 96 valence electrons.